The number of hydrogen-bond acceptors (Lipinski definition) is 10. The fourth-order valence-corrected chi connectivity index (χ4v) is 3.95. The first kappa shape index (κ1) is 44.0. The molecule has 0 aromatic rings. The number of hydrogen-bond donors (Lipinski definition) is 10. The zero-order chi connectivity index (χ0) is 30.7. The van der Waals surface area contributed by atoms with Crippen LogP contribution in [0.25, 0.3) is 0 Å². The highest BCUT2D eigenvalue weighted by Crippen LogP contribution is 2.11. The van der Waals surface area contributed by atoms with Crippen LogP contribution in [0.1, 0.15) is 128 Å². The van der Waals surface area contributed by atoms with Gasteiger partial charge in [0.1, 0.15) is 24.4 Å². The second-order valence-corrected chi connectivity index (χ2v) is 10.4. The Kier molecular flexibility index (Phi) is 42.5. The van der Waals surface area contributed by atoms with Crippen molar-refractivity contribution in [1.82, 2.24) is 0 Å². The highest BCUT2D eigenvalue weighted by molar-refractivity contribution is 4.79. The van der Waals surface area contributed by atoms with Crippen molar-refractivity contribution in [1.29, 1.82) is 0 Å². The van der Waals surface area contributed by atoms with E-state index in [2.05, 4.69) is 0 Å². The van der Waals surface area contributed by atoms with Gasteiger partial charge in [0.25, 0.3) is 0 Å². The fraction of sp³-hybridized carbons (Fsp3) is 1.00. The molecule has 4 unspecified atom stereocenters. The van der Waals surface area contributed by atoms with Crippen LogP contribution in [0.5, 0.6) is 0 Å². The SMILES string of the molecule is OCC(O)C(O)C(O)C(O)CO.OCCCCCCCCCCCCO.OCCCCCCCCCCCCO. The van der Waals surface area contributed by atoms with Crippen LogP contribution in [0, 0.1) is 0 Å². The molecule has 0 rings (SSSR count). The summed E-state index contributed by atoms with van der Waals surface area (Å²) in [6.07, 6.45) is 17.9. The topological polar surface area (TPSA) is 202 Å². The molecule has 4 atom stereocenters. The Bertz CT molecular complexity index is 369. The lowest BCUT2D eigenvalue weighted by Crippen LogP contribution is -2.46. The summed E-state index contributed by atoms with van der Waals surface area (Å²) in [6, 6.07) is 0. The minimum atomic E-state index is -1.67. The lowest BCUT2D eigenvalue weighted by Gasteiger charge is -2.24. The van der Waals surface area contributed by atoms with Gasteiger partial charge in [0, 0.05) is 26.4 Å². The smallest absolute Gasteiger partial charge is 0.111 e. The number of unbranched alkanes of at least 4 members (excludes halogenated alkanes) is 18. The van der Waals surface area contributed by atoms with Crippen molar-refractivity contribution >= 4 is 0 Å². The molecular formula is C30H66O10. The third-order valence-corrected chi connectivity index (χ3v) is 6.64. The zero-order valence-corrected chi connectivity index (χ0v) is 25.2. The van der Waals surface area contributed by atoms with Gasteiger partial charge in [0.2, 0.25) is 0 Å². The molecule has 0 fully saturated rings. The van der Waals surface area contributed by atoms with Crippen LogP contribution in [-0.4, -0.2) is 115 Å². The highest BCUT2D eigenvalue weighted by Gasteiger charge is 2.29. The van der Waals surface area contributed by atoms with E-state index in [1.807, 2.05) is 0 Å². The predicted octanol–water partition coefficient (Wildman–Crippen LogP) is 2.16. The first-order valence-electron chi connectivity index (χ1n) is 15.7. The lowest BCUT2D eigenvalue weighted by molar-refractivity contribution is -0.123. The average molecular weight is 587 g/mol. The average Bonchev–Trinajstić information content (AvgIpc) is 2.98. The maximum atomic E-state index is 8.96. The minimum absolute atomic E-state index is 0.348. The largest absolute Gasteiger partial charge is 0.396 e. The Hall–Kier alpha value is -0.400. The molecule has 0 heterocycles. The summed E-state index contributed by atoms with van der Waals surface area (Å²) in [4.78, 5) is 0. The molecule has 0 aromatic heterocycles. The van der Waals surface area contributed by atoms with E-state index in [1.165, 1.54) is 103 Å². The summed E-state index contributed by atoms with van der Waals surface area (Å²) in [5, 5.41) is 86.5. The summed E-state index contributed by atoms with van der Waals surface area (Å²) in [5.41, 5.74) is 0. The Morgan fingerprint density at radius 1 is 0.250 bits per heavy atom. The Labute approximate surface area is 243 Å². The number of aliphatic hydroxyl groups is 10. The van der Waals surface area contributed by atoms with Crippen molar-refractivity contribution in [3.8, 4) is 0 Å². The fourth-order valence-electron chi connectivity index (χ4n) is 3.95. The van der Waals surface area contributed by atoms with Crippen LogP contribution in [0.2, 0.25) is 0 Å². The lowest BCUT2D eigenvalue weighted by atomic mass is 10.0. The molecular weight excluding hydrogens is 520 g/mol. The molecule has 0 aromatic carbocycles. The van der Waals surface area contributed by atoms with Crippen LogP contribution in [-0.2, 0) is 0 Å². The monoisotopic (exact) mass is 586 g/mol. The van der Waals surface area contributed by atoms with Gasteiger partial charge in [-0.05, 0) is 25.7 Å². The van der Waals surface area contributed by atoms with Gasteiger partial charge in [-0.1, -0.05) is 103 Å². The molecule has 246 valence electrons. The van der Waals surface area contributed by atoms with Crippen molar-refractivity contribution in [3.05, 3.63) is 0 Å². The van der Waals surface area contributed by atoms with Gasteiger partial charge < -0.3 is 51.1 Å². The summed E-state index contributed by atoms with van der Waals surface area (Å²) >= 11 is 0. The van der Waals surface area contributed by atoms with Crippen LogP contribution in [0.4, 0.5) is 0 Å². The zero-order valence-electron chi connectivity index (χ0n) is 25.2. The van der Waals surface area contributed by atoms with Gasteiger partial charge in [-0.2, -0.15) is 0 Å². The standard InChI is InChI=1S/2C12H26O2.C6H14O6/c2*13-11-9-7-5-3-1-2-4-6-8-10-12-14;7-1-3(9)5(11)6(12)4(10)2-8/h2*13-14H,1-12H2;3-12H,1-2H2. The van der Waals surface area contributed by atoms with Crippen molar-refractivity contribution in [2.24, 2.45) is 0 Å². The molecule has 10 heteroatoms. The van der Waals surface area contributed by atoms with E-state index in [0.29, 0.717) is 26.4 Å². The number of aliphatic hydroxyl groups excluding tert-OH is 10. The Balaban J connectivity index is -0.000000515. The van der Waals surface area contributed by atoms with Crippen LogP contribution in [0.15, 0.2) is 0 Å². The summed E-state index contributed by atoms with van der Waals surface area (Å²) in [7, 11) is 0. The van der Waals surface area contributed by atoms with Gasteiger partial charge in [-0.25, -0.2) is 0 Å². The first-order valence-corrected chi connectivity index (χ1v) is 15.7. The molecule has 0 aliphatic heterocycles. The molecule has 0 radical (unpaired) electrons. The molecule has 10 nitrogen and oxygen atoms in total. The third-order valence-electron chi connectivity index (χ3n) is 6.64. The van der Waals surface area contributed by atoms with Gasteiger partial charge in [0.05, 0.1) is 13.2 Å². The van der Waals surface area contributed by atoms with E-state index in [9.17, 15) is 0 Å². The van der Waals surface area contributed by atoms with E-state index in [-0.39, 0.29) is 0 Å². The first-order chi connectivity index (χ1) is 19.4. The quantitative estimate of drug-likeness (QED) is 0.0635. The normalized spacial score (nSPS) is 13.9. The van der Waals surface area contributed by atoms with Gasteiger partial charge in [-0.15, -0.1) is 0 Å². The molecule has 40 heavy (non-hydrogen) atoms. The van der Waals surface area contributed by atoms with Gasteiger partial charge in [0.15, 0.2) is 0 Å². The molecule has 0 aliphatic rings. The summed E-state index contributed by atoms with van der Waals surface area (Å²) < 4.78 is 0. The van der Waals surface area contributed by atoms with Gasteiger partial charge in [-0.3, -0.25) is 0 Å². The third kappa shape index (κ3) is 35.6. The van der Waals surface area contributed by atoms with Crippen molar-refractivity contribution in [2.45, 2.75) is 153 Å². The maximum absolute atomic E-state index is 8.96. The van der Waals surface area contributed by atoms with Crippen molar-refractivity contribution in [2.75, 3.05) is 39.6 Å². The summed E-state index contributed by atoms with van der Waals surface area (Å²) in [6.45, 7) is -0.0581. The van der Waals surface area contributed by atoms with Crippen LogP contribution < -0.4 is 0 Å². The van der Waals surface area contributed by atoms with E-state index in [1.54, 1.807) is 0 Å². The van der Waals surface area contributed by atoms with E-state index in [0.717, 1.165) is 25.7 Å². The Morgan fingerprint density at radius 2 is 0.400 bits per heavy atom. The van der Waals surface area contributed by atoms with Crippen LogP contribution >= 0.6 is 0 Å². The Morgan fingerprint density at radius 3 is 0.525 bits per heavy atom. The van der Waals surface area contributed by atoms with Crippen molar-refractivity contribution < 1.29 is 51.1 Å². The van der Waals surface area contributed by atoms with E-state index >= 15 is 0 Å². The molecule has 0 saturated carbocycles. The molecule has 0 amide bonds. The highest BCUT2D eigenvalue weighted by atomic mass is 16.4. The number of rotatable bonds is 27. The van der Waals surface area contributed by atoms with Crippen molar-refractivity contribution in [3.63, 3.8) is 0 Å². The second-order valence-electron chi connectivity index (χ2n) is 10.4. The molecule has 10 N–H and O–H groups in total. The van der Waals surface area contributed by atoms with Crippen LogP contribution in [0.3, 0.4) is 0 Å². The van der Waals surface area contributed by atoms with E-state index < -0.39 is 37.6 Å². The predicted molar refractivity (Wildman–Crippen MR) is 159 cm³/mol. The minimum Gasteiger partial charge on any atom is -0.396 e. The maximum Gasteiger partial charge on any atom is 0.111 e. The summed E-state index contributed by atoms with van der Waals surface area (Å²) in [5.74, 6) is 0. The van der Waals surface area contributed by atoms with E-state index in [4.69, 9.17) is 51.1 Å². The van der Waals surface area contributed by atoms with Gasteiger partial charge >= 0.3 is 0 Å². The molecule has 0 bridgehead atoms. The molecule has 0 saturated heterocycles. The molecule has 0 spiro atoms. The second kappa shape index (κ2) is 38.6. The molecule has 0 aliphatic carbocycles.